The zero-order valence-corrected chi connectivity index (χ0v) is 8.57. The molecule has 0 spiro atoms. The van der Waals surface area contributed by atoms with Crippen molar-refractivity contribution in [2.24, 2.45) is 0 Å². The normalized spacial score (nSPS) is 10.4. The number of pyridine rings is 1. The molecule has 2 rings (SSSR count). The summed E-state index contributed by atoms with van der Waals surface area (Å²) in [4.78, 5) is 4.21. The van der Waals surface area contributed by atoms with Crippen molar-refractivity contribution in [3.8, 4) is 5.82 Å². The number of halogens is 1. The van der Waals surface area contributed by atoms with Crippen LogP contribution in [0.25, 0.3) is 5.82 Å². The van der Waals surface area contributed by atoms with E-state index in [4.69, 9.17) is 11.6 Å². The molecule has 0 aliphatic carbocycles. The number of hydrogen-bond acceptors (Lipinski definition) is 2. The summed E-state index contributed by atoms with van der Waals surface area (Å²) in [6.45, 7) is 2.08. The van der Waals surface area contributed by atoms with Crippen LogP contribution in [0.15, 0.2) is 30.6 Å². The Morgan fingerprint density at radius 1 is 1.36 bits per heavy atom. The van der Waals surface area contributed by atoms with Crippen molar-refractivity contribution >= 4 is 11.6 Å². The Balaban J connectivity index is 2.49. The minimum absolute atomic E-state index is 0.674. The van der Waals surface area contributed by atoms with Gasteiger partial charge in [-0.3, -0.25) is 0 Å². The van der Waals surface area contributed by atoms with E-state index in [-0.39, 0.29) is 0 Å². The SMILES string of the molecule is CCc1ccnn1-c1cc(Cl)ccn1. The molecule has 3 nitrogen and oxygen atoms in total. The summed E-state index contributed by atoms with van der Waals surface area (Å²) in [5.41, 5.74) is 1.12. The Morgan fingerprint density at radius 3 is 2.93 bits per heavy atom. The summed E-state index contributed by atoms with van der Waals surface area (Å²) in [7, 11) is 0. The van der Waals surface area contributed by atoms with Gasteiger partial charge in [0.25, 0.3) is 0 Å². The third kappa shape index (κ3) is 1.63. The van der Waals surface area contributed by atoms with E-state index in [9.17, 15) is 0 Å². The highest BCUT2D eigenvalue weighted by Gasteiger charge is 2.03. The van der Waals surface area contributed by atoms with Crippen LogP contribution in [-0.4, -0.2) is 14.8 Å². The highest BCUT2D eigenvalue weighted by molar-refractivity contribution is 6.30. The van der Waals surface area contributed by atoms with Gasteiger partial charge in [-0.2, -0.15) is 5.10 Å². The average Bonchev–Trinajstić information content (AvgIpc) is 2.65. The molecule has 2 aromatic heterocycles. The molecular formula is C10H10ClN3. The monoisotopic (exact) mass is 207 g/mol. The zero-order valence-electron chi connectivity index (χ0n) is 7.81. The predicted octanol–water partition coefficient (Wildman–Crippen LogP) is 2.48. The van der Waals surface area contributed by atoms with Crippen LogP contribution in [0.5, 0.6) is 0 Å². The van der Waals surface area contributed by atoms with E-state index in [1.165, 1.54) is 0 Å². The highest BCUT2D eigenvalue weighted by Crippen LogP contribution is 2.13. The Bertz CT molecular complexity index is 436. The molecule has 14 heavy (non-hydrogen) atoms. The van der Waals surface area contributed by atoms with E-state index in [2.05, 4.69) is 17.0 Å². The fraction of sp³-hybridized carbons (Fsp3) is 0.200. The Kier molecular flexibility index (Phi) is 2.50. The highest BCUT2D eigenvalue weighted by atomic mass is 35.5. The lowest BCUT2D eigenvalue weighted by Gasteiger charge is -2.04. The van der Waals surface area contributed by atoms with E-state index in [0.29, 0.717) is 5.02 Å². The minimum atomic E-state index is 0.674. The Labute approximate surface area is 87.3 Å². The molecule has 0 bridgehead atoms. The van der Waals surface area contributed by atoms with Crippen molar-refractivity contribution in [1.82, 2.24) is 14.8 Å². The Hall–Kier alpha value is -1.35. The number of hydrogen-bond donors (Lipinski definition) is 0. The van der Waals surface area contributed by atoms with Crippen LogP contribution >= 0.6 is 11.6 Å². The molecule has 4 heteroatoms. The summed E-state index contributed by atoms with van der Waals surface area (Å²) in [6.07, 6.45) is 4.37. The van der Waals surface area contributed by atoms with Crippen molar-refractivity contribution in [2.75, 3.05) is 0 Å². The van der Waals surface area contributed by atoms with Gasteiger partial charge in [-0.15, -0.1) is 0 Å². The van der Waals surface area contributed by atoms with Crippen LogP contribution < -0.4 is 0 Å². The summed E-state index contributed by atoms with van der Waals surface area (Å²) < 4.78 is 1.80. The fourth-order valence-corrected chi connectivity index (χ4v) is 1.47. The van der Waals surface area contributed by atoms with Crippen LogP contribution in [0, 0.1) is 0 Å². The lowest BCUT2D eigenvalue weighted by Crippen LogP contribution is -2.02. The van der Waals surface area contributed by atoms with Gasteiger partial charge in [0, 0.05) is 29.2 Å². The van der Waals surface area contributed by atoms with Crippen molar-refractivity contribution in [3.63, 3.8) is 0 Å². The maximum Gasteiger partial charge on any atom is 0.155 e. The molecule has 0 aliphatic heterocycles. The van der Waals surface area contributed by atoms with Gasteiger partial charge in [0.05, 0.1) is 0 Å². The first-order chi connectivity index (χ1) is 6.81. The van der Waals surface area contributed by atoms with Crippen LogP contribution in [0.3, 0.4) is 0 Å². The predicted molar refractivity (Wildman–Crippen MR) is 55.7 cm³/mol. The van der Waals surface area contributed by atoms with Gasteiger partial charge in [0.1, 0.15) is 0 Å². The van der Waals surface area contributed by atoms with Crippen LogP contribution in [0.1, 0.15) is 12.6 Å². The van der Waals surface area contributed by atoms with E-state index in [0.717, 1.165) is 17.9 Å². The maximum absolute atomic E-state index is 5.88. The number of rotatable bonds is 2. The molecule has 0 atom stereocenters. The molecule has 0 saturated carbocycles. The van der Waals surface area contributed by atoms with Crippen molar-refractivity contribution in [2.45, 2.75) is 13.3 Å². The zero-order chi connectivity index (χ0) is 9.97. The second-order valence-corrected chi connectivity index (χ2v) is 3.36. The first-order valence-electron chi connectivity index (χ1n) is 4.46. The van der Waals surface area contributed by atoms with Gasteiger partial charge in [0.2, 0.25) is 0 Å². The van der Waals surface area contributed by atoms with E-state index in [1.807, 2.05) is 6.07 Å². The summed E-state index contributed by atoms with van der Waals surface area (Å²) in [6, 6.07) is 5.52. The minimum Gasteiger partial charge on any atom is -0.237 e. The molecule has 0 N–H and O–H groups in total. The van der Waals surface area contributed by atoms with E-state index < -0.39 is 0 Å². The number of nitrogens with zero attached hydrogens (tertiary/aromatic N) is 3. The number of aromatic nitrogens is 3. The summed E-state index contributed by atoms with van der Waals surface area (Å²) in [5.74, 6) is 0.763. The smallest absolute Gasteiger partial charge is 0.155 e. The molecule has 0 saturated heterocycles. The van der Waals surface area contributed by atoms with Crippen molar-refractivity contribution in [1.29, 1.82) is 0 Å². The van der Waals surface area contributed by atoms with E-state index in [1.54, 1.807) is 29.2 Å². The van der Waals surface area contributed by atoms with Crippen molar-refractivity contribution < 1.29 is 0 Å². The van der Waals surface area contributed by atoms with Gasteiger partial charge in [0.15, 0.2) is 5.82 Å². The third-order valence-corrected chi connectivity index (χ3v) is 2.24. The second-order valence-electron chi connectivity index (χ2n) is 2.92. The van der Waals surface area contributed by atoms with Crippen LogP contribution in [0.4, 0.5) is 0 Å². The summed E-state index contributed by atoms with van der Waals surface area (Å²) in [5, 5.41) is 4.87. The number of aryl methyl sites for hydroxylation is 1. The Morgan fingerprint density at radius 2 is 2.21 bits per heavy atom. The lowest BCUT2D eigenvalue weighted by atomic mass is 10.3. The molecule has 0 aromatic carbocycles. The molecule has 0 amide bonds. The second kappa shape index (κ2) is 3.80. The first-order valence-corrected chi connectivity index (χ1v) is 4.84. The molecule has 2 heterocycles. The fourth-order valence-electron chi connectivity index (χ4n) is 1.31. The molecular weight excluding hydrogens is 198 g/mol. The lowest BCUT2D eigenvalue weighted by molar-refractivity contribution is 0.789. The quantitative estimate of drug-likeness (QED) is 0.758. The molecule has 0 fully saturated rings. The van der Waals surface area contributed by atoms with Gasteiger partial charge in [-0.1, -0.05) is 18.5 Å². The largest absolute Gasteiger partial charge is 0.237 e. The maximum atomic E-state index is 5.88. The molecule has 2 aromatic rings. The molecule has 0 unspecified atom stereocenters. The average molecular weight is 208 g/mol. The van der Waals surface area contributed by atoms with Gasteiger partial charge < -0.3 is 0 Å². The molecule has 0 aliphatic rings. The molecule has 72 valence electrons. The van der Waals surface area contributed by atoms with Gasteiger partial charge in [-0.05, 0) is 18.6 Å². The third-order valence-electron chi connectivity index (χ3n) is 2.01. The van der Waals surface area contributed by atoms with Gasteiger partial charge in [-0.25, -0.2) is 9.67 Å². The summed E-state index contributed by atoms with van der Waals surface area (Å²) >= 11 is 5.88. The molecule has 0 radical (unpaired) electrons. The van der Waals surface area contributed by atoms with Crippen LogP contribution in [-0.2, 0) is 6.42 Å². The van der Waals surface area contributed by atoms with Crippen molar-refractivity contribution in [3.05, 3.63) is 41.3 Å². The van der Waals surface area contributed by atoms with E-state index >= 15 is 0 Å². The van der Waals surface area contributed by atoms with Crippen LogP contribution in [0.2, 0.25) is 5.02 Å². The topological polar surface area (TPSA) is 30.7 Å². The standard InChI is InChI=1S/C10H10ClN3/c1-2-9-4-6-13-14(9)10-7-8(11)3-5-12-10/h3-7H,2H2,1H3. The van der Waals surface area contributed by atoms with Gasteiger partial charge >= 0.3 is 0 Å². The first kappa shape index (κ1) is 9.21.